The monoisotopic (exact) mass is 97.1 g/mol. The van der Waals surface area contributed by atoms with Crippen LogP contribution in [0.2, 0.25) is 0 Å². The van der Waals surface area contributed by atoms with Gasteiger partial charge in [-0.25, -0.2) is 0 Å². The fourth-order valence-electron chi connectivity index (χ4n) is 1.69. The van der Waals surface area contributed by atoms with Gasteiger partial charge in [0.05, 0.1) is 0 Å². The minimum Gasteiger partial charge on any atom is -0.300 e. The van der Waals surface area contributed by atoms with E-state index >= 15 is 0 Å². The summed E-state index contributed by atoms with van der Waals surface area (Å²) in [5, 5.41) is 0. The van der Waals surface area contributed by atoms with Crippen molar-refractivity contribution in [3.8, 4) is 0 Å². The quantitative estimate of drug-likeness (QED) is 0.430. The van der Waals surface area contributed by atoms with E-state index < -0.39 is 0 Å². The Bertz CT molecular complexity index is 88.4. The highest BCUT2D eigenvalue weighted by atomic mass is 15.3. The second kappa shape index (κ2) is 0.873. The van der Waals surface area contributed by atoms with E-state index in [0.29, 0.717) is 0 Å². The molecule has 2 rings (SSSR count). The maximum absolute atomic E-state index is 2.46. The predicted molar refractivity (Wildman–Crippen MR) is 29.1 cm³/mol. The zero-order valence-corrected chi connectivity index (χ0v) is 4.89. The predicted octanol–water partition coefficient (Wildman–Crippen LogP) is 0.709. The third-order valence-corrected chi connectivity index (χ3v) is 2.59. The Labute approximate surface area is 44.3 Å². The lowest BCUT2D eigenvalue weighted by atomic mass is 10.1. The van der Waals surface area contributed by atoms with Crippen LogP contribution in [0.3, 0.4) is 0 Å². The molecule has 0 aromatic carbocycles. The minimum absolute atomic E-state index is 0.907. The lowest BCUT2D eigenvalue weighted by Crippen LogP contribution is -2.44. The summed E-state index contributed by atoms with van der Waals surface area (Å²) in [5.74, 6) is 1.10. The highest BCUT2D eigenvalue weighted by Crippen LogP contribution is 2.49. The third kappa shape index (κ3) is 0.290. The number of fused-ring (bicyclic) bond motifs is 1. The van der Waals surface area contributed by atoms with E-state index in [1.807, 2.05) is 0 Å². The van der Waals surface area contributed by atoms with Gasteiger partial charge in [-0.05, 0) is 26.3 Å². The molecular weight excluding hydrogens is 86.1 g/mol. The first-order valence-electron chi connectivity index (χ1n) is 3.02. The summed E-state index contributed by atoms with van der Waals surface area (Å²) in [4.78, 5) is 2.46. The van der Waals surface area contributed by atoms with Crippen LogP contribution in [0.25, 0.3) is 0 Å². The van der Waals surface area contributed by atoms with Crippen molar-refractivity contribution in [1.82, 2.24) is 4.90 Å². The largest absolute Gasteiger partial charge is 0.300 e. The summed E-state index contributed by atoms with van der Waals surface area (Å²) in [6.07, 6.45) is 1.48. The molecule has 7 heavy (non-hydrogen) atoms. The van der Waals surface area contributed by atoms with Crippen LogP contribution >= 0.6 is 0 Å². The summed E-state index contributed by atoms with van der Waals surface area (Å²) >= 11 is 0. The van der Waals surface area contributed by atoms with Crippen LogP contribution < -0.4 is 0 Å². The summed E-state index contributed by atoms with van der Waals surface area (Å²) < 4.78 is 0. The number of likely N-dealkylation sites (tertiary alicyclic amines) is 1. The van der Waals surface area contributed by atoms with Gasteiger partial charge in [0.2, 0.25) is 0 Å². The minimum atomic E-state index is 0.907. The van der Waals surface area contributed by atoms with Gasteiger partial charge in [-0.1, -0.05) is 0 Å². The van der Waals surface area contributed by atoms with Gasteiger partial charge in [-0.2, -0.15) is 0 Å². The van der Waals surface area contributed by atoms with Crippen molar-refractivity contribution >= 4 is 0 Å². The molecule has 0 N–H and O–H groups in total. The third-order valence-electron chi connectivity index (χ3n) is 2.59. The van der Waals surface area contributed by atoms with Crippen molar-refractivity contribution in [1.29, 1.82) is 0 Å². The zero-order valence-electron chi connectivity index (χ0n) is 4.89. The zero-order chi connectivity index (χ0) is 5.02. The molecule has 1 saturated heterocycles. The Balaban J connectivity index is 2.09. The van der Waals surface area contributed by atoms with Crippen molar-refractivity contribution in [3.05, 3.63) is 0 Å². The van der Waals surface area contributed by atoms with E-state index in [9.17, 15) is 0 Å². The van der Waals surface area contributed by atoms with Gasteiger partial charge in [0, 0.05) is 12.1 Å². The van der Waals surface area contributed by atoms with E-state index in [2.05, 4.69) is 18.9 Å². The van der Waals surface area contributed by atoms with E-state index in [1.54, 1.807) is 0 Å². The van der Waals surface area contributed by atoms with Gasteiger partial charge in [-0.3, -0.25) is 0 Å². The number of nitrogens with zero attached hydrogens (tertiary/aromatic N) is 1. The fraction of sp³-hybridized carbons (Fsp3) is 1.00. The molecule has 0 bridgehead atoms. The van der Waals surface area contributed by atoms with Crippen molar-refractivity contribution in [2.45, 2.75) is 25.4 Å². The first-order chi connectivity index (χ1) is 3.30. The molecule has 0 amide bonds. The molecule has 2 fully saturated rings. The van der Waals surface area contributed by atoms with Crippen molar-refractivity contribution in [3.63, 3.8) is 0 Å². The second-order valence-electron chi connectivity index (χ2n) is 2.87. The maximum Gasteiger partial charge on any atom is 0.0143 e. The highest BCUT2D eigenvalue weighted by Gasteiger charge is 2.55. The lowest BCUT2D eigenvalue weighted by molar-refractivity contribution is 0.130. The lowest BCUT2D eigenvalue weighted by Gasteiger charge is -2.33. The van der Waals surface area contributed by atoms with Crippen molar-refractivity contribution < 1.29 is 0 Å². The average molecular weight is 97.2 g/mol. The van der Waals surface area contributed by atoms with Crippen LogP contribution in [0.15, 0.2) is 0 Å². The Morgan fingerprint density at radius 2 is 2.29 bits per heavy atom. The van der Waals surface area contributed by atoms with Crippen LogP contribution in [0.5, 0.6) is 0 Å². The van der Waals surface area contributed by atoms with Crippen LogP contribution in [0, 0.1) is 5.92 Å². The molecule has 1 aliphatic carbocycles. The normalized spacial score (nSPS) is 58.3. The van der Waals surface area contributed by atoms with E-state index in [4.69, 9.17) is 0 Å². The van der Waals surface area contributed by atoms with Crippen LogP contribution in [-0.4, -0.2) is 24.0 Å². The molecule has 3 atom stereocenters. The molecule has 0 aromatic heterocycles. The smallest absolute Gasteiger partial charge is 0.0143 e. The molecule has 0 spiro atoms. The van der Waals surface area contributed by atoms with Gasteiger partial charge in [0.15, 0.2) is 0 Å². The topological polar surface area (TPSA) is 3.24 Å². The summed E-state index contributed by atoms with van der Waals surface area (Å²) in [6, 6.07) is 1.92. The SMILES string of the molecule is CC1C2CC2N1C. The number of hydrogen-bond acceptors (Lipinski definition) is 1. The molecule has 40 valence electrons. The van der Waals surface area contributed by atoms with Gasteiger partial charge in [0.25, 0.3) is 0 Å². The fourth-order valence-corrected chi connectivity index (χ4v) is 1.69. The Kier molecular flexibility index (Phi) is 0.487. The average Bonchev–Trinajstić information content (AvgIpc) is 2.39. The summed E-state index contributed by atoms with van der Waals surface area (Å²) in [6.45, 7) is 2.31. The van der Waals surface area contributed by atoms with Gasteiger partial charge >= 0.3 is 0 Å². The number of hydrogen-bond donors (Lipinski definition) is 0. The van der Waals surface area contributed by atoms with Gasteiger partial charge < -0.3 is 4.90 Å². The highest BCUT2D eigenvalue weighted by molar-refractivity contribution is 5.10. The molecule has 0 radical (unpaired) electrons. The van der Waals surface area contributed by atoms with Crippen molar-refractivity contribution in [2.75, 3.05) is 7.05 Å². The first-order valence-corrected chi connectivity index (χ1v) is 3.02. The summed E-state index contributed by atoms with van der Waals surface area (Å²) in [7, 11) is 2.22. The van der Waals surface area contributed by atoms with Gasteiger partial charge in [0.1, 0.15) is 0 Å². The molecule has 1 nitrogen and oxygen atoms in total. The Hall–Kier alpha value is -0.0400. The van der Waals surface area contributed by atoms with Crippen LogP contribution in [-0.2, 0) is 0 Å². The molecular formula is C6H11N. The van der Waals surface area contributed by atoms with Gasteiger partial charge in [-0.15, -0.1) is 0 Å². The molecule has 1 heteroatoms. The number of rotatable bonds is 0. The Morgan fingerprint density at radius 1 is 1.57 bits per heavy atom. The molecule has 2 aliphatic rings. The Morgan fingerprint density at radius 3 is 2.43 bits per heavy atom. The summed E-state index contributed by atoms with van der Waals surface area (Å²) in [5.41, 5.74) is 0. The first kappa shape index (κ1) is 3.90. The molecule has 1 aliphatic heterocycles. The molecule has 1 saturated carbocycles. The molecule has 3 unspecified atom stereocenters. The van der Waals surface area contributed by atoms with Crippen molar-refractivity contribution in [2.24, 2.45) is 5.92 Å². The van der Waals surface area contributed by atoms with E-state index in [1.165, 1.54) is 6.42 Å². The second-order valence-corrected chi connectivity index (χ2v) is 2.87. The maximum atomic E-state index is 2.46. The van der Waals surface area contributed by atoms with E-state index in [0.717, 1.165) is 18.0 Å². The van der Waals surface area contributed by atoms with Crippen LogP contribution in [0.1, 0.15) is 13.3 Å². The standard InChI is InChI=1S/C6H11N/c1-4-5-3-6(5)7(4)2/h4-6H,3H2,1-2H3. The van der Waals surface area contributed by atoms with Crippen LogP contribution in [0.4, 0.5) is 0 Å². The van der Waals surface area contributed by atoms with E-state index in [-0.39, 0.29) is 0 Å². The molecule has 1 heterocycles. The molecule has 0 aromatic rings.